The van der Waals surface area contributed by atoms with Gasteiger partial charge in [-0.3, -0.25) is 14.9 Å². The standard InChI is InChI=1S/C24H18BrN3O7S/c1-15-3-9-21(22(11-15)28(30)31)27-24(29)17(14-26)12-16-4-10-23(20(25)13-16)35-36(32,33)19-7-5-18(34-2)6-8-19/h3-13H,1-2H3,(H,27,29)/b17-12+. The van der Waals surface area contributed by atoms with E-state index in [2.05, 4.69) is 21.2 Å². The van der Waals surface area contributed by atoms with Crippen LogP contribution in [-0.2, 0) is 14.9 Å². The summed E-state index contributed by atoms with van der Waals surface area (Å²) in [5, 5.41) is 23.1. The van der Waals surface area contributed by atoms with E-state index in [-0.39, 0.29) is 32.1 Å². The van der Waals surface area contributed by atoms with Crippen LogP contribution in [0.5, 0.6) is 11.5 Å². The zero-order valence-corrected chi connectivity index (χ0v) is 21.3. The first kappa shape index (κ1) is 26.4. The lowest BCUT2D eigenvalue weighted by molar-refractivity contribution is -0.384. The van der Waals surface area contributed by atoms with Gasteiger partial charge in [-0.1, -0.05) is 12.1 Å². The van der Waals surface area contributed by atoms with Gasteiger partial charge in [-0.05, 0) is 82.5 Å². The molecule has 3 aromatic rings. The molecule has 0 saturated heterocycles. The quantitative estimate of drug-likeness (QED) is 0.131. The van der Waals surface area contributed by atoms with Gasteiger partial charge in [0.2, 0.25) is 0 Å². The minimum absolute atomic E-state index is 0.0128. The second-order valence-corrected chi connectivity index (χ2v) is 9.71. The van der Waals surface area contributed by atoms with Crippen molar-refractivity contribution in [3.05, 3.63) is 92.0 Å². The molecule has 0 aliphatic heterocycles. The molecule has 12 heteroatoms. The van der Waals surface area contributed by atoms with Gasteiger partial charge in [0.05, 0.1) is 16.5 Å². The summed E-state index contributed by atoms with van der Waals surface area (Å²) in [5.41, 5.74) is 0.336. The molecule has 0 aromatic heterocycles. The third-order valence-electron chi connectivity index (χ3n) is 4.78. The number of carbonyl (C=O) groups excluding carboxylic acids is 1. The average Bonchev–Trinajstić information content (AvgIpc) is 2.85. The van der Waals surface area contributed by atoms with Crippen LogP contribution in [0.4, 0.5) is 11.4 Å². The number of methoxy groups -OCH3 is 1. The molecule has 0 bridgehead atoms. The minimum Gasteiger partial charge on any atom is -0.497 e. The number of amides is 1. The van der Waals surface area contributed by atoms with E-state index in [4.69, 9.17) is 8.92 Å². The zero-order valence-electron chi connectivity index (χ0n) is 18.9. The zero-order chi connectivity index (χ0) is 26.5. The number of hydrogen-bond donors (Lipinski definition) is 1. The van der Waals surface area contributed by atoms with Crippen LogP contribution in [0.3, 0.4) is 0 Å². The Morgan fingerprint density at radius 3 is 2.42 bits per heavy atom. The molecule has 1 amide bonds. The van der Waals surface area contributed by atoms with Gasteiger partial charge >= 0.3 is 10.1 Å². The number of ether oxygens (including phenoxy) is 1. The molecule has 1 N–H and O–H groups in total. The van der Waals surface area contributed by atoms with Gasteiger partial charge in [-0.2, -0.15) is 13.7 Å². The molecule has 184 valence electrons. The van der Waals surface area contributed by atoms with Crippen molar-refractivity contribution in [2.75, 3.05) is 12.4 Å². The summed E-state index contributed by atoms with van der Waals surface area (Å²) >= 11 is 3.23. The van der Waals surface area contributed by atoms with Crippen LogP contribution >= 0.6 is 15.9 Å². The number of nitro benzene ring substituents is 1. The van der Waals surface area contributed by atoms with Crippen molar-refractivity contribution in [1.82, 2.24) is 0 Å². The van der Waals surface area contributed by atoms with Crippen LogP contribution in [0.25, 0.3) is 6.08 Å². The van der Waals surface area contributed by atoms with Gasteiger partial charge in [0, 0.05) is 6.07 Å². The molecule has 0 aliphatic rings. The van der Waals surface area contributed by atoms with Gasteiger partial charge < -0.3 is 14.2 Å². The molecule has 0 saturated carbocycles. The highest BCUT2D eigenvalue weighted by molar-refractivity contribution is 9.10. The van der Waals surface area contributed by atoms with Crippen LogP contribution < -0.4 is 14.2 Å². The van der Waals surface area contributed by atoms with E-state index in [1.165, 1.54) is 67.8 Å². The number of nitrogens with one attached hydrogen (secondary N) is 1. The van der Waals surface area contributed by atoms with Crippen molar-refractivity contribution in [2.45, 2.75) is 11.8 Å². The van der Waals surface area contributed by atoms with Crippen molar-refractivity contribution in [3.8, 4) is 17.6 Å². The Morgan fingerprint density at radius 1 is 1.14 bits per heavy atom. The Labute approximate surface area is 215 Å². The normalized spacial score (nSPS) is 11.3. The van der Waals surface area contributed by atoms with Gasteiger partial charge in [0.1, 0.15) is 28.0 Å². The monoisotopic (exact) mass is 571 g/mol. The van der Waals surface area contributed by atoms with E-state index in [0.717, 1.165) is 0 Å². The summed E-state index contributed by atoms with van der Waals surface area (Å²) in [7, 11) is -2.68. The topological polar surface area (TPSA) is 149 Å². The van der Waals surface area contributed by atoms with E-state index in [0.29, 0.717) is 16.9 Å². The van der Waals surface area contributed by atoms with Crippen molar-refractivity contribution < 1.29 is 27.1 Å². The molecule has 0 unspecified atom stereocenters. The summed E-state index contributed by atoms with van der Waals surface area (Å²) < 4.78 is 35.6. The molecule has 3 rings (SSSR count). The fourth-order valence-electron chi connectivity index (χ4n) is 2.99. The van der Waals surface area contributed by atoms with E-state index in [9.17, 15) is 28.6 Å². The third kappa shape index (κ3) is 6.26. The number of nitrogens with zero attached hydrogens (tertiary/aromatic N) is 2. The van der Waals surface area contributed by atoms with Gasteiger partial charge in [0.25, 0.3) is 11.6 Å². The Bertz CT molecular complexity index is 1510. The van der Waals surface area contributed by atoms with Gasteiger partial charge in [-0.25, -0.2) is 0 Å². The largest absolute Gasteiger partial charge is 0.497 e. The molecular formula is C24H18BrN3O7S. The van der Waals surface area contributed by atoms with Crippen molar-refractivity contribution in [1.29, 1.82) is 5.26 Å². The van der Waals surface area contributed by atoms with Crippen molar-refractivity contribution in [2.24, 2.45) is 0 Å². The number of anilines is 1. The van der Waals surface area contributed by atoms with Crippen LogP contribution in [0.1, 0.15) is 11.1 Å². The fraction of sp³-hybridized carbons (Fsp3) is 0.0833. The maximum absolute atomic E-state index is 12.6. The predicted molar refractivity (Wildman–Crippen MR) is 135 cm³/mol. The number of carbonyl (C=O) groups is 1. The van der Waals surface area contributed by atoms with Crippen molar-refractivity contribution in [3.63, 3.8) is 0 Å². The molecule has 0 heterocycles. The lowest BCUT2D eigenvalue weighted by Gasteiger charge is -2.10. The first-order chi connectivity index (χ1) is 17.0. The molecular weight excluding hydrogens is 554 g/mol. The van der Waals surface area contributed by atoms with Crippen LogP contribution in [0.2, 0.25) is 0 Å². The molecule has 3 aromatic carbocycles. The van der Waals surface area contributed by atoms with Crippen LogP contribution in [0.15, 0.2) is 75.6 Å². The first-order valence-corrected chi connectivity index (χ1v) is 12.3. The van der Waals surface area contributed by atoms with Gasteiger partial charge in [0.15, 0.2) is 5.75 Å². The number of nitriles is 1. The predicted octanol–water partition coefficient (Wildman–Crippen LogP) is 4.99. The molecule has 0 atom stereocenters. The highest BCUT2D eigenvalue weighted by Crippen LogP contribution is 2.30. The molecule has 0 spiro atoms. The average molecular weight is 572 g/mol. The van der Waals surface area contributed by atoms with E-state index in [1.54, 1.807) is 19.1 Å². The summed E-state index contributed by atoms with van der Waals surface area (Å²) in [6.45, 7) is 1.67. The molecule has 0 radical (unpaired) electrons. The smallest absolute Gasteiger partial charge is 0.339 e. The number of halogens is 1. The Balaban J connectivity index is 1.82. The van der Waals surface area contributed by atoms with Crippen molar-refractivity contribution >= 4 is 49.4 Å². The number of benzene rings is 3. The number of nitro groups is 1. The van der Waals surface area contributed by atoms with E-state index >= 15 is 0 Å². The SMILES string of the molecule is COc1ccc(S(=O)(=O)Oc2ccc(/C=C(\C#N)C(=O)Nc3ccc(C)cc3[N+](=O)[O-])cc2Br)cc1. The maximum atomic E-state index is 12.6. The first-order valence-electron chi connectivity index (χ1n) is 10.1. The van der Waals surface area contributed by atoms with E-state index < -0.39 is 20.9 Å². The lowest BCUT2D eigenvalue weighted by Crippen LogP contribution is -2.14. The maximum Gasteiger partial charge on any atom is 0.339 e. The summed E-state index contributed by atoms with van der Waals surface area (Å²) in [5.74, 6) is -0.371. The van der Waals surface area contributed by atoms with Gasteiger partial charge in [-0.15, -0.1) is 0 Å². The third-order valence-corrected chi connectivity index (χ3v) is 6.65. The Morgan fingerprint density at radius 2 is 1.83 bits per heavy atom. The lowest BCUT2D eigenvalue weighted by atomic mass is 10.1. The highest BCUT2D eigenvalue weighted by Gasteiger charge is 2.20. The Hall–Kier alpha value is -4.21. The summed E-state index contributed by atoms with van der Waals surface area (Å²) in [6.07, 6.45) is 1.25. The molecule has 10 nitrogen and oxygen atoms in total. The molecule has 36 heavy (non-hydrogen) atoms. The van der Waals surface area contributed by atoms with Crippen LogP contribution in [-0.4, -0.2) is 26.4 Å². The highest BCUT2D eigenvalue weighted by atomic mass is 79.9. The Kier molecular flexibility index (Phi) is 8.08. The number of hydrogen-bond acceptors (Lipinski definition) is 8. The molecule has 0 aliphatic carbocycles. The summed E-state index contributed by atoms with van der Waals surface area (Å²) in [4.78, 5) is 23.2. The van der Waals surface area contributed by atoms with Crippen LogP contribution in [0, 0.1) is 28.4 Å². The second kappa shape index (κ2) is 11.0. The number of aryl methyl sites for hydroxylation is 1. The van der Waals surface area contributed by atoms with E-state index in [1.807, 2.05) is 0 Å². The minimum atomic E-state index is -4.14. The molecule has 0 fully saturated rings. The summed E-state index contributed by atoms with van der Waals surface area (Å²) in [6, 6.07) is 16.0. The number of rotatable bonds is 8. The fourth-order valence-corrected chi connectivity index (χ4v) is 4.52. The second-order valence-electron chi connectivity index (χ2n) is 7.30.